The van der Waals surface area contributed by atoms with Gasteiger partial charge in [-0.25, -0.2) is 4.98 Å². The van der Waals surface area contributed by atoms with Gasteiger partial charge in [-0.2, -0.15) is 0 Å². The SMILES string of the molecule is CCCNC(=O)c1cccc(Oc2cncc(Cl)c2)n1. The van der Waals surface area contributed by atoms with Crippen LogP contribution in [0.25, 0.3) is 0 Å². The van der Waals surface area contributed by atoms with E-state index in [2.05, 4.69) is 15.3 Å². The molecule has 2 heterocycles. The number of carbonyl (C=O) groups excluding carboxylic acids is 1. The Morgan fingerprint density at radius 3 is 3.00 bits per heavy atom. The number of halogens is 1. The molecule has 2 rings (SSSR count). The molecule has 0 aromatic carbocycles. The van der Waals surface area contributed by atoms with Crippen molar-refractivity contribution in [3.8, 4) is 11.6 Å². The van der Waals surface area contributed by atoms with Crippen LogP contribution in [-0.2, 0) is 0 Å². The zero-order valence-electron chi connectivity index (χ0n) is 11.0. The van der Waals surface area contributed by atoms with Crippen molar-refractivity contribution >= 4 is 17.5 Å². The molecule has 0 saturated heterocycles. The van der Waals surface area contributed by atoms with Gasteiger partial charge in [-0.1, -0.05) is 24.6 Å². The number of hydrogen-bond donors (Lipinski definition) is 1. The van der Waals surface area contributed by atoms with Crippen molar-refractivity contribution in [2.75, 3.05) is 6.54 Å². The van der Waals surface area contributed by atoms with Gasteiger partial charge in [-0.3, -0.25) is 9.78 Å². The van der Waals surface area contributed by atoms with Gasteiger partial charge in [0.2, 0.25) is 5.88 Å². The van der Waals surface area contributed by atoms with Gasteiger partial charge < -0.3 is 10.1 Å². The maximum absolute atomic E-state index is 11.8. The lowest BCUT2D eigenvalue weighted by Crippen LogP contribution is -2.24. The second-order valence-electron chi connectivity index (χ2n) is 4.06. The Labute approximate surface area is 122 Å². The van der Waals surface area contributed by atoms with Gasteiger partial charge in [0.1, 0.15) is 11.4 Å². The van der Waals surface area contributed by atoms with Gasteiger partial charge in [0.15, 0.2) is 0 Å². The summed E-state index contributed by atoms with van der Waals surface area (Å²) in [6.45, 7) is 2.60. The van der Waals surface area contributed by atoms with E-state index in [9.17, 15) is 4.79 Å². The fourth-order valence-electron chi connectivity index (χ4n) is 1.50. The molecule has 1 N–H and O–H groups in total. The molecule has 0 aliphatic heterocycles. The first-order chi connectivity index (χ1) is 9.69. The van der Waals surface area contributed by atoms with E-state index in [1.54, 1.807) is 24.3 Å². The van der Waals surface area contributed by atoms with Gasteiger partial charge >= 0.3 is 0 Å². The van der Waals surface area contributed by atoms with Crippen molar-refractivity contribution in [2.45, 2.75) is 13.3 Å². The molecule has 2 aromatic rings. The first-order valence-electron chi connectivity index (χ1n) is 6.22. The molecule has 0 unspecified atom stereocenters. The zero-order valence-corrected chi connectivity index (χ0v) is 11.7. The van der Waals surface area contributed by atoms with Crippen LogP contribution in [-0.4, -0.2) is 22.4 Å². The van der Waals surface area contributed by atoms with Crippen LogP contribution >= 0.6 is 11.6 Å². The van der Waals surface area contributed by atoms with E-state index in [1.807, 2.05) is 6.92 Å². The van der Waals surface area contributed by atoms with Crippen LogP contribution in [0.5, 0.6) is 11.6 Å². The lowest BCUT2D eigenvalue weighted by atomic mass is 10.3. The first kappa shape index (κ1) is 14.3. The van der Waals surface area contributed by atoms with E-state index in [4.69, 9.17) is 16.3 Å². The number of aromatic nitrogens is 2. The Hall–Kier alpha value is -2.14. The van der Waals surface area contributed by atoms with Crippen LogP contribution in [0.4, 0.5) is 0 Å². The average molecular weight is 292 g/mol. The summed E-state index contributed by atoms with van der Waals surface area (Å²) in [5.74, 6) is 0.566. The summed E-state index contributed by atoms with van der Waals surface area (Å²) in [7, 11) is 0. The Bertz CT molecular complexity index is 604. The summed E-state index contributed by atoms with van der Waals surface area (Å²) in [5, 5.41) is 3.23. The van der Waals surface area contributed by atoms with E-state index in [0.717, 1.165) is 6.42 Å². The normalized spacial score (nSPS) is 10.1. The highest BCUT2D eigenvalue weighted by Gasteiger charge is 2.08. The minimum atomic E-state index is -0.221. The summed E-state index contributed by atoms with van der Waals surface area (Å²) in [5.41, 5.74) is 0.311. The molecule has 0 bridgehead atoms. The molecule has 0 aliphatic rings. The van der Waals surface area contributed by atoms with Gasteiger partial charge in [-0.15, -0.1) is 0 Å². The smallest absolute Gasteiger partial charge is 0.270 e. The van der Waals surface area contributed by atoms with Gasteiger partial charge in [0.05, 0.1) is 11.2 Å². The third-order valence-electron chi connectivity index (χ3n) is 2.39. The third-order valence-corrected chi connectivity index (χ3v) is 2.60. The summed E-state index contributed by atoms with van der Waals surface area (Å²) in [6.07, 6.45) is 3.91. The van der Waals surface area contributed by atoms with Gasteiger partial charge in [0, 0.05) is 24.9 Å². The van der Waals surface area contributed by atoms with Crippen molar-refractivity contribution in [1.82, 2.24) is 15.3 Å². The third kappa shape index (κ3) is 3.93. The number of nitrogens with zero attached hydrogens (tertiary/aromatic N) is 2. The average Bonchev–Trinajstić information content (AvgIpc) is 2.45. The number of rotatable bonds is 5. The Morgan fingerprint density at radius 1 is 1.40 bits per heavy atom. The van der Waals surface area contributed by atoms with E-state index < -0.39 is 0 Å². The Kier molecular flexibility index (Phi) is 4.90. The lowest BCUT2D eigenvalue weighted by Gasteiger charge is -2.07. The number of amides is 1. The molecule has 0 saturated carbocycles. The number of pyridine rings is 2. The topological polar surface area (TPSA) is 64.1 Å². The molecule has 0 fully saturated rings. The molecule has 20 heavy (non-hydrogen) atoms. The van der Waals surface area contributed by atoms with Crippen LogP contribution in [0.3, 0.4) is 0 Å². The fraction of sp³-hybridized carbons (Fsp3) is 0.214. The van der Waals surface area contributed by atoms with Gasteiger partial charge in [0.25, 0.3) is 5.91 Å². The number of ether oxygens (including phenoxy) is 1. The zero-order chi connectivity index (χ0) is 14.4. The highest BCUT2D eigenvalue weighted by molar-refractivity contribution is 6.30. The Morgan fingerprint density at radius 2 is 2.25 bits per heavy atom. The standard InChI is InChI=1S/C14H14ClN3O2/c1-2-6-17-14(19)12-4-3-5-13(18-12)20-11-7-10(15)8-16-9-11/h3-5,7-9H,2,6H2,1H3,(H,17,19). The lowest BCUT2D eigenvalue weighted by molar-refractivity contribution is 0.0948. The van der Waals surface area contributed by atoms with Crippen LogP contribution in [0.15, 0.2) is 36.7 Å². The summed E-state index contributed by atoms with van der Waals surface area (Å²) in [4.78, 5) is 19.9. The van der Waals surface area contributed by atoms with Gasteiger partial charge in [-0.05, 0) is 12.5 Å². The molecular weight excluding hydrogens is 278 g/mol. The first-order valence-corrected chi connectivity index (χ1v) is 6.60. The molecule has 104 valence electrons. The predicted molar refractivity (Wildman–Crippen MR) is 76.2 cm³/mol. The minimum absolute atomic E-state index is 0.221. The number of hydrogen-bond acceptors (Lipinski definition) is 4. The van der Waals surface area contributed by atoms with Crippen molar-refractivity contribution < 1.29 is 9.53 Å². The van der Waals surface area contributed by atoms with Crippen LogP contribution in [0.2, 0.25) is 5.02 Å². The molecule has 5 nitrogen and oxygen atoms in total. The fourth-order valence-corrected chi connectivity index (χ4v) is 1.66. The summed E-state index contributed by atoms with van der Waals surface area (Å²) >= 11 is 5.82. The van der Waals surface area contributed by atoms with Crippen molar-refractivity contribution in [3.63, 3.8) is 0 Å². The maximum atomic E-state index is 11.8. The van der Waals surface area contributed by atoms with Crippen LogP contribution in [0, 0.1) is 0 Å². The van der Waals surface area contributed by atoms with E-state index in [0.29, 0.717) is 28.9 Å². The minimum Gasteiger partial charge on any atom is -0.437 e. The molecule has 0 spiro atoms. The molecule has 0 aliphatic carbocycles. The number of carbonyl (C=O) groups is 1. The van der Waals surface area contributed by atoms with E-state index in [-0.39, 0.29) is 5.91 Å². The van der Waals surface area contributed by atoms with Crippen molar-refractivity contribution in [2.24, 2.45) is 0 Å². The second-order valence-corrected chi connectivity index (χ2v) is 4.49. The molecule has 0 atom stereocenters. The van der Waals surface area contributed by atoms with E-state index >= 15 is 0 Å². The molecular formula is C14H14ClN3O2. The molecule has 0 radical (unpaired) electrons. The predicted octanol–water partition coefficient (Wildman–Crippen LogP) is 3.06. The highest BCUT2D eigenvalue weighted by Crippen LogP contribution is 2.21. The van der Waals surface area contributed by atoms with Crippen molar-refractivity contribution in [1.29, 1.82) is 0 Å². The maximum Gasteiger partial charge on any atom is 0.270 e. The number of nitrogens with one attached hydrogen (secondary N) is 1. The van der Waals surface area contributed by atoms with Crippen molar-refractivity contribution in [3.05, 3.63) is 47.4 Å². The second kappa shape index (κ2) is 6.86. The van der Waals surface area contributed by atoms with Crippen LogP contribution < -0.4 is 10.1 Å². The van der Waals surface area contributed by atoms with E-state index in [1.165, 1.54) is 12.4 Å². The molecule has 2 aromatic heterocycles. The quantitative estimate of drug-likeness (QED) is 0.919. The Balaban J connectivity index is 2.11. The summed E-state index contributed by atoms with van der Waals surface area (Å²) in [6, 6.07) is 6.63. The largest absolute Gasteiger partial charge is 0.437 e. The molecule has 6 heteroatoms. The van der Waals surface area contributed by atoms with Crippen LogP contribution in [0.1, 0.15) is 23.8 Å². The monoisotopic (exact) mass is 291 g/mol. The highest BCUT2D eigenvalue weighted by atomic mass is 35.5. The summed E-state index contributed by atoms with van der Waals surface area (Å²) < 4.78 is 5.52. The molecule has 1 amide bonds.